The van der Waals surface area contributed by atoms with E-state index in [4.69, 9.17) is 0 Å². The maximum Gasteiger partial charge on any atom is 0.123 e. The third kappa shape index (κ3) is 3.93. The maximum absolute atomic E-state index is 12.7. The van der Waals surface area contributed by atoms with Crippen LogP contribution in [0.1, 0.15) is 39.7 Å². The molecule has 1 rings (SSSR count). The summed E-state index contributed by atoms with van der Waals surface area (Å²) < 4.78 is 12.7. The van der Waals surface area contributed by atoms with Crippen molar-refractivity contribution in [3.63, 3.8) is 0 Å². The molecule has 1 aromatic carbocycles. The highest BCUT2D eigenvalue weighted by molar-refractivity contribution is 5.15. The second kappa shape index (κ2) is 5.44. The van der Waals surface area contributed by atoms with Gasteiger partial charge in [-0.05, 0) is 29.5 Å². The van der Waals surface area contributed by atoms with Crippen molar-refractivity contribution in [2.24, 2.45) is 5.41 Å². The Bertz CT molecular complexity index is 311. The topological polar surface area (TPSA) is 12.0 Å². The lowest BCUT2D eigenvalue weighted by atomic mass is 9.85. The summed E-state index contributed by atoms with van der Waals surface area (Å²) in [7, 11) is 0. The summed E-state index contributed by atoms with van der Waals surface area (Å²) in [6.45, 7) is 9.69. The minimum Gasteiger partial charge on any atom is -0.309 e. The van der Waals surface area contributed by atoms with Gasteiger partial charge in [-0.15, -0.1) is 0 Å². The first-order valence-electron chi connectivity index (χ1n) is 5.91. The Morgan fingerprint density at radius 2 is 1.75 bits per heavy atom. The molecule has 0 radical (unpaired) electrons. The molecule has 1 atom stereocenters. The molecule has 0 saturated carbocycles. The Kier molecular flexibility index (Phi) is 4.48. The number of hydrogen-bond acceptors (Lipinski definition) is 1. The standard InChI is InChI=1S/C14H22FN/c1-5-13(14(2,3)4)16-10-11-6-8-12(15)9-7-11/h6-9,13,16H,5,10H2,1-4H3/t13-/m0/s1. The highest BCUT2D eigenvalue weighted by atomic mass is 19.1. The molecule has 0 bridgehead atoms. The third-order valence-corrected chi connectivity index (χ3v) is 2.92. The van der Waals surface area contributed by atoms with Gasteiger partial charge >= 0.3 is 0 Å². The van der Waals surface area contributed by atoms with E-state index in [2.05, 4.69) is 33.0 Å². The Morgan fingerprint density at radius 1 is 1.19 bits per heavy atom. The summed E-state index contributed by atoms with van der Waals surface area (Å²) in [5, 5.41) is 3.52. The van der Waals surface area contributed by atoms with Crippen molar-refractivity contribution in [1.82, 2.24) is 5.32 Å². The molecule has 0 saturated heterocycles. The van der Waals surface area contributed by atoms with E-state index in [9.17, 15) is 4.39 Å². The van der Waals surface area contributed by atoms with Crippen molar-refractivity contribution < 1.29 is 4.39 Å². The molecule has 1 N–H and O–H groups in total. The predicted octanol–water partition coefficient (Wildman–Crippen LogP) is 3.74. The van der Waals surface area contributed by atoms with Gasteiger partial charge in [0.2, 0.25) is 0 Å². The summed E-state index contributed by atoms with van der Waals surface area (Å²) in [6, 6.07) is 7.16. The van der Waals surface area contributed by atoms with Gasteiger partial charge in [-0.1, -0.05) is 39.8 Å². The summed E-state index contributed by atoms with van der Waals surface area (Å²) >= 11 is 0. The minimum absolute atomic E-state index is 0.174. The average Bonchev–Trinajstić information content (AvgIpc) is 2.19. The zero-order valence-corrected chi connectivity index (χ0v) is 10.7. The molecule has 1 nitrogen and oxygen atoms in total. The van der Waals surface area contributed by atoms with Crippen LogP contribution >= 0.6 is 0 Å². The highest BCUT2D eigenvalue weighted by Gasteiger charge is 2.21. The fraction of sp³-hybridized carbons (Fsp3) is 0.571. The minimum atomic E-state index is -0.174. The number of hydrogen-bond donors (Lipinski definition) is 1. The van der Waals surface area contributed by atoms with Crippen LogP contribution in [0, 0.1) is 11.2 Å². The molecule has 0 amide bonds. The van der Waals surface area contributed by atoms with Crippen LogP contribution in [-0.4, -0.2) is 6.04 Å². The number of rotatable bonds is 4. The van der Waals surface area contributed by atoms with Crippen molar-refractivity contribution in [3.8, 4) is 0 Å². The zero-order chi connectivity index (χ0) is 12.2. The van der Waals surface area contributed by atoms with E-state index in [0.717, 1.165) is 18.5 Å². The van der Waals surface area contributed by atoms with Crippen LogP contribution < -0.4 is 5.32 Å². The zero-order valence-electron chi connectivity index (χ0n) is 10.7. The van der Waals surface area contributed by atoms with Crippen LogP contribution in [0.3, 0.4) is 0 Å². The molecule has 1 aromatic rings. The monoisotopic (exact) mass is 223 g/mol. The molecule has 0 spiro atoms. The van der Waals surface area contributed by atoms with Crippen LogP contribution in [0.25, 0.3) is 0 Å². The predicted molar refractivity (Wildman–Crippen MR) is 66.8 cm³/mol. The van der Waals surface area contributed by atoms with Gasteiger partial charge in [-0.3, -0.25) is 0 Å². The van der Waals surface area contributed by atoms with Crippen molar-refractivity contribution >= 4 is 0 Å². The molecular weight excluding hydrogens is 201 g/mol. The van der Waals surface area contributed by atoms with Crippen LogP contribution in [0.15, 0.2) is 24.3 Å². The van der Waals surface area contributed by atoms with Crippen molar-refractivity contribution in [2.45, 2.75) is 46.7 Å². The number of nitrogens with one attached hydrogen (secondary N) is 1. The average molecular weight is 223 g/mol. The summed E-state index contributed by atoms with van der Waals surface area (Å²) in [6.07, 6.45) is 1.10. The quantitative estimate of drug-likeness (QED) is 0.820. The first-order chi connectivity index (χ1) is 7.43. The second-order valence-corrected chi connectivity index (χ2v) is 5.33. The highest BCUT2D eigenvalue weighted by Crippen LogP contribution is 2.21. The normalized spacial score (nSPS) is 13.8. The molecule has 0 fully saturated rings. The molecule has 16 heavy (non-hydrogen) atoms. The van der Waals surface area contributed by atoms with Crippen LogP contribution in [-0.2, 0) is 6.54 Å². The molecule has 0 aliphatic heterocycles. The molecule has 2 heteroatoms. The number of benzene rings is 1. The van der Waals surface area contributed by atoms with Gasteiger partial charge in [0.15, 0.2) is 0 Å². The molecule has 0 heterocycles. The van der Waals surface area contributed by atoms with E-state index < -0.39 is 0 Å². The van der Waals surface area contributed by atoms with E-state index in [1.807, 2.05) is 12.1 Å². The Morgan fingerprint density at radius 3 is 2.19 bits per heavy atom. The van der Waals surface area contributed by atoms with E-state index in [0.29, 0.717) is 6.04 Å². The van der Waals surface area contributed by atoms with Gasteiger partial charge < -0.3 is 5.32 Å². The van der Waals surface area contributed by atoms with Crippen LogP contribution in [0.5, 0.6) is 0 Å². The van der Waals surface area contributed by atoms with E-state index in [-0.39, 0.29) is 11.2 Å². The third-order valence-electron chi connectivity index (χ3n) is 2.92. The summed E-state index contributed by atoms with van der Waals surface area (Å²) in [5.74, 6) is -0.174. The van der Waals surface area contributed by atoms with Gasteiger partial charge in [-0.25, -0.2) is 4.39 Å². The molecular formula is C14H22FN. The van der Waals surface area contributed by atoms with E-state index >= 15 is 0 Å². The molecule has 0 aromatic heterocycles. The van der Waals surface area contributed by atoms with Crippen molar-refractivity contribution in [1.29, 1.82) is 0 Å². The van der Waals surface area contributed by atoms with Crippen molar-refractivity contribution in [3.05, 3.63) is 35.6 Å². The Hall–Kier alpha value is -0.890. The van der Waals surface area contributed by atoms with E-state index in [1.165, 1.54) is 12.1 Å². The van der Waals surface area contributed by atoms with Gasteiger partial charge in [0.25, 0.3) is 0 Å². The van der Waals surface area contributed by atoms with Crippen LogP contribution in [0.4, 0.5) is 4.39 Å². The first-order valence-corrected chi connectivity index (χ1v) is 5.91. The fourth-order valence-electron chi connectivity index (χ4n) is 1.91. The lowest BCUT2D eigenvalue weighted by molar-refractivity contribution is 0.259. The van der Waals surface area contributed by atoms with Gasteiger partial charge in [0, 0.05) is 12.6 Å². The van der Waals surface area contributed by atoms with Gasteiger partial charge in [0.05, 0.1) is 0 Å². The largest absolute Gasteiger partial charge is 0.309 e. The molecule has 0 aliphatic carbocycles. The van der Waals surface area contributed by atoms with E-state index in [1.54, 1.807) is 0 Å². The summed E-state index contributed by atoms with van der Waals surface area (Å²) in [5.41, 5.74) is 1.39. The lowest BCUT2D eigenvalue weighted by Gasteiger charge is -2.30. The Balaban J connectivity index is 2.53. The summed E-state index contributed by atoms with van der Waals surface area (Å²) in [4.78, 5) is 0. The Labute approximate surface area is 98.1 Å². The first kappa shape index (κ1) is 13.2. The second-order valence-electron chi connectivity index (χ2n) is 5.33. The smallest absolute Gasteiger partial charge is 0.123 e. The molecule has 0 aliphatic rings. The van der Waals surface area contributed by atoms with Gasteiger partial charge in [-0.2, -0.15) is 0 Å². The SMILES string of the molecule is CC[C@H](NCc1ccc(F)cc1)C(C)(C)C. The van der Waals surface area contributed by atoms with Crippen LogP contribution in [0.2, 0.25) is 0 Å². The fourth-order valence-corrected chi connectivity index (χ4v) is 1.91. The van der Waals surface area contributed by atoms with Crippen molar-refractivity contribution in [2.75, 3.05) is 0 Å². The number of halogens is 1. The molecule has 90 valence electrons. The maximum atomic E-state index is 12.7. The van der Waals surface area contributed by atoms with Gasteiger partial charge in [0.1, 0.15) is 5.82 Å². The molecule has 0 unspecified atom stereocenters. The lowest BCUT2D eigenvalue weighted by Crippen LogP contribution is -2.39.